The average molecular weight is 572 g/mol. The van der Waals surface area contributed by atoms with Gasteiger partial charge in [-0.2, -0.15) is 0 Å². The fourth-order valence-corrected chi connectivity index (χ4v) is 4.92. The van der Waals surface area contributed by atoms with Crippen LogP contribution in [0.5, 0.6) is 5.75 Å². The monoisotopic (exact) mass is 570 g/mol. The van der Waals surface area contributed by atoms with E-state index in [0.717, 1.165) is 69.1 Å². The summed E-state index contributed by atoms with van der Waals surface area (Å²) in [5, 5.41) is 12.5. The zero-order chi connectivity index (χ0) is 27.6. The van der Waals surface area contributed by atoms with Crippen molar-refractivity contribution in [2.24, 2.45) is 0 Å². The molecule has 0 bridgehead atoms. The number of hydrogen-bond acceptors (Lipinski definition) is 6. The Morgan fingerprint density at radius 3 is 2.56 bits per heavy atom. The Morgan fingerprint density at radius 2 is 1.85 bits per heavy atom. The molecule has 1 saturated heterocycles. The number of fused-ring (bicyclic) bond motifs is 1. The number of nitrogens with one attached hydrogen (secondary N) is 1. The maximum absolute atomic E-state index is 11.5. The molecule has 1 fully saturated rings. The lowest BCUT2D eigenvalue weighted by Gasteiger charge is -2.36. The van der Waals surface area contributed by atoms with Crippen LogP contribution in [-0.4, -0.2) is 66.2 Å². The molecule has 2 aliphatic rings. The number of amides is 1. The zero-order valence-electron chi connectivity index (χ0n) is 21.6. The largest absolute Gasteiger partial charge is 0.494 e. The molecule has 0 saturated carbocycles. The molecule has 8 nitrogen and oxygen atoms in total. The number of carboxylic acids is 1. The van der Waals surface area contributed by atoms with E-state index in [1.54, 1.807) is 6.07 Å². The van der Waals surface area contributed by atoms with Crippen LogP contribution in [0.4, 0.5) is 11.4 Å². The predicted octanol–water partition coefficient (Wildman–Crippen LogP) is 5.64. The van der Waals surface area contributed by atoms with Crippen molar-refractivity contribution >= 4 is 46.5 Å². The Bertz CT molecular complexity index is 1270. The van der Waals surface area contributed by atoms with Gasteiger partial charge < -0.3 is 20.1 Å². The van der Waals surface area contributed by atoms with E-state index in [1.165, 1.54) is 24.0 Å². The smallest absolute Gasteiger partial charge is 0.337 e. The second-order valence-corrected chi connectivity index (χ2v) is 10.2. The highest BCUT2D eigenvalue weighted by Gasteiger charge is 2.19. The molecule has 0 radical (unpaired) electrons. The van der Waals surface area contributed by atoms with E-state index >= 15 is 0 Å². The molecular formula is C29H32Cl2N4O4. The van der Waals surface area contributed by atoms with Crippen LogP contribution in [-0.2, 0) is 11.2 Å². The molecule has 3 aromatic rings. The van der Waals surface area contributed by atoms with Gasteiger partial charge in [-0.15, -0.1) is 0 Å². The van der Waals surface area contributed by atoms with Gasteiger partial charge in [0.2, 0.25) is 5.91 Å². The highest BCUT2D eigenvalue weighted by molar-refractivity contribution is 6.43. The van der Waals surface area contributed by atoms with E-state index < -0.39 is 5.97 Å². The first kappa shape index (κ1) is 28.7. The Balaban J connectivity index is 0.000000333. The number of carbonyl (C=O) groups excluding carboxylic acids is 1. The van der Waals surface area contributed by atoms with Crippen molar-refractivity contribution < 1.29 is 19.4 Å². The number of aryl methyl sites for hydroxylation is 1. The summed E-state index contributed by atoms with van der Waals surface area (Å²) in [6.45, 7) is 5.71. The molecule has 0 aliphatic carbocycles. The number of aromatic nitrogens is 1. The number of halogens is 2. The Kier molecular flexibility index (Phi) is 10.4. The van der Waals surface area contributed by atoms with Gasteiger partial charge >= 0.3 is 5.97 Å². The van der Waals surface area contributed by atoms with Crippen molar-refractivity contribution in [3.8, 4) is 5.75 Å². The normalized spacial score (nSPS) is 15.0. The third-order valence-corrected chi connectivity index (χ3v) is 7.48. The van der Waals surface area contributed by atoms with E-state index in [-0.39, 0.29) is 11.5 Å². The van der Waals surface area contributed by atoms with Crippen LogP contribution in [0.15, 0.2) is 60.9 Å². The van der Waals surface area contributed by atoms with E-state index in [4.69, 9.17) is 33.0 Å². The number of pyridine rings is 1. The number of benzene rings is 2. The van der Waals surface area contributed by atoms with Crippen molar-refractivity contribution in [1.82, 2.24) is 9.88 Å². The first-order valence-electron chi connectivity index (χ1n) is 13.0. The van der Waals surface area contributed by atoms with Gasteiger partial charge in [-0.1, -0.05) is 35.3 Å². The second kappa shape index (κ2) is 14.2. The molecule has 39 heavy (non-hydrogen) atoms. The number of nitrogens with zero attached hydrogens (tertiary/aromatic N) is 3. The average Bonchev–Trinajstić information content (AvgIpc) is 2.95. The molecular weight excluding hydrogens is 539 g/mol. The number of hydrogen-bond donors (Lipinski definition) is 2. The van der Waals surface area contributed by atoms with Gasteiger partial charge in [0.25, 0.3) is 0 Å². The summed E-state index contributed by atoms with van der Waals surface area (Å²) in [7, 11) is 0. The van der Waals surface area contributed by atoms with Crippen LogP contribution in [0, 0.1) is 0 Å². The molecule has 1 amide bonds. The predicted molar refractivity (Wildman–Crippen MR) is 154 cm³/mol. The number of carboxylic acid groups (broad SMARTS) is 1. The Labute approximate surface area is 238 Å². The van der Waals surface area contributed by atoms with Crippen molar-refractivity contribution in [1.29, 1.82) is 0 Å². The number of carbonyl (C=O) groups is 2. The highest BCUT2D eigenvalue weighted by atomic mass is 35.5. The van der Waals surface area contributed by atoms with E-state index in [0.29, 0.717) is 23.1 Å². The molecule has 2 N–H and O–H groups in total. The van der Waals surface area contributed by atoms with Crippen LogP contribution >= 0.6 is 23.2 Å². The molecule has 206 valence electrons. The topological polar surface area (TPSA) is 95.0 Å². The minimum Gasteiger partial charge on any atom is -0.494 e. The molecule has 0 atom stereocenters. The summed E-state index contributed by atoms with van der Waals surface area (Å²) >= 11 is 12.5. The van der Waals surface area contributed by atoms with Gasteiger partial charge in [0, 0.05) is 56.7 Å². The fraction of sp³-hybridized carbons (Fsp3) is 0.345. The number of aromatic carboxylic acids is 1. The third-order valence-electron chi connectivity index (χ3n) is 6.67. The maximum Gasteiger partial charge on any atom is 0.337 e. The van der Waals surface area contributed by atoms with Crippen LogP contribution in [0.3, 0.4) is 0 Å². The van der Waals surface area contributed by atoms with Crippen LogP contribution < -0.4 is 15.0 Å². The Hall–Kier alpha value is -3.33. The lowest BCUT2D eigenvalue weighted by molar-refractivity contribution is -0.116. The van der Waals surface area contributed by atoms with Gasteiger partial charge in [0.1, 0.15) is 5.75 Å². The lowest BCUT2D eigenvalue weighted by Crippen LogP contribution is -2.46. The van der Waals surface area contributed by atoms with Crippen molar-refractivity contribution in [2.75, 3.05) is 49.5 Å². The quantitative estimate of drug-likeness (QED) is 0.338. The van der Waals surface area contributed by atoms with Gasteiger partial charge in [-0.3, -0.25) is 14.7 Å². The van der Waals surface area contributed by atoms with Crippen LogP contribution in [0.25, 0.3) is 0 Å². The number of rotatable bonds is 8. The second-order valence-electron chi connectivity index (χ2n) is 9.37. The summed E-state index contributed by atoms with van der Waals surface area (Å²) in [6, 6.07) is 14.9. The summed E-state index contributed by atoms with van der Waals surface area (Å²) in [4.78, 5) is 30.1. The van der Waals surface area contributed by atoms with E-state index in [9.17, 15) is 9.59 Å². The van der Waals surface area contributed by atoms with Crippen LogP contribution in [0.1, 0.15) is 35.2 Å². The summed E-state index contributed by atoms with van der Waals surface area (Å²) in [5.74, 6) is -0.0385. The standard InChI is InChI=1S/C23H27Cl2N3O2.C6H5NO2/c24-19-4-3-5-21(23(19)25)28-13-11-27(12-14-28)10-1-2-15-30-18-8-6-17-7-9-22(29)26-20(17)16-18;8-6(9)5-2-1-3-7-4-5/h3-6,8,16H,1-2,7,9-15H2,(H,26,29);1-4H,(H,8,9). The molecule has 0 unspecified atom stereocenters. The fourth-order valence-electron chi connectivity index (χ4n) is 4.51. The first-order valence-corrected chi connectivity index (χ1v) is 13.8. The molecule has 5 rings (SSSR count). The Morgan fingerprint density at radius 1 is 1.03 bits per heavy atom. The summed E-state index contributed by atoms with van der Waals surface area (Å²) in [6.07, 6.45) is 6.31. The minimum absolute atomic E-state index is 0.0809. The van der Waals surface area contributed by atoms with Crippen LogP contribution in [0.2, 0.25) is 10.0 Å². The molecule has 0 spiro atoms. The van der Waals surface area contributed by atoms with E-state index in [2.05, 4.69) is 26.2 Å². The summed E-state index contributed by atoms with van der Waals surface area (Å²) in [5.41, 5.74) is 3.32. The minimum atomic E-state index is -0.942. The SMILES string of the molecule is O=C(O)c1cccnc1.O=C1CCc2ccc(OCCCCN3CCN(c4cccc(Cl)c4Cl)CC3)cc2N1. The molecule has 2 aromatic carbocycles. The molecule has 10 heteroatoms. The first-order chi connectivity index (χ1) is 18.9. The van der Waals surface area contributed by atoms with Crippen molar-refractivity contribution in [3.05, 3.63) is 82.1 Å². The number of anilines is 2. The third kappa shape index (κ3) is 8.33. The van der Waals surface area contributed by atoms with Gasteiger partial charge in [0.15, 0.2) is 0 Å². The van der Waals surface area contributed by atoms with Gasteiger partial charge in [-0.05, 0) is 61.7 Å². The number of piperazine rings is 1. The summed E-state index contributed by atoms with van der Waals surface area (Å²) < 4.78 is 5.89. The van der Waals surface area contributed by atoms with Crippen molar-refractivity contribution in [2.45, 2.75) is 25.7 Å². The highest BCUT2D eigenvalue weighted by Crippen LogP contribution is 2.33. The molecule has 1 aromatic heterocycles. The van der Waals surface area contributed by atoms with Crippen molar-refractivity contribution in [3.63, 3.8) is 0 Å². The molecule has 3 heterocycles. The number of unbranched alkanes of at least 4 members (excludes halogenated alkanes) is 1. The zero-order valence-corrected chi connectivity index (χ0v) is 23.1. The lowest BCUT2D eigenvalue weighted by atomic mass is 10.0. The van der Waals surface area contributed by atoms with Gasteiger partial charge in [-0.25, -0.2) is 4.79 Å². The van der Waals surface area contributed by atoms with E-state index in [1.807, 2.05) is 30.3 Å². The van der Waals surface area contributed by atoms with Gasteiger partial charge in [0.05, 0.1) is 27.9 Å². The number of ether oxygens (including phenoxy) is 1. The maximum atomic E-state index is 11.5. The molecule has 2 aliphatic heterocycles.